The molecule has 7 heteroatoms. The van der Waals surface area contributed by atoms with Crippen LogP contribution in [-0.2, 0) is 9.53 Å². The Kier molecular flexibility index (Phi) is 5.79. The van der Waals surface area contributed by atoms with Crippen LogP contribution >= 0.6 is 0 Å². The van der Waals surface area contributed by atoms with E-state index in [-0.39, 0.29) is 23.7 Å². The van der Waals surface area contributed by atoms with Crippen LogP contribution in [0.25, 0.3) is 11.1 Å². The molecular formula is C26H24N2O5. The summed E-state index contributed by atoms with van der Waals surface area (Å²) in [6.45, 7) is 0.922. The van der Waals surface area contributed by atoms with Crippen LogP contribution < -0.4 is 10.1 Å². The van der Waals surface area contributed by atoms with Gasteiger partial charge in [0.15, 0.2) is 0 Å². The van der Waals surface area contributed by atoms with Crippen LogP contribution in [0.1, 0.15) is 29.9 Å². The molecule has 1 heterocycles. The van der Waals surface area contributed by atoms with Crippen molar-refractivity contribution >= 4 is 11.7 Å². The fraction of sp³-hybridized carbons (Fsp3) is 0.269. The van der Waals surface area contributed by atoms with Crippen LogP contribution in [0.2, 0.25) is 0 Å². The van der Waals surface area contributed by atoms with Crippen molar-refractivity contribution < 1.29 is 19.2 Å². The van der Waals surface area contributed by atoms with Crippen molar-refractivity contribution in [2.75, 3.05) is 13.2 Å². The Labute approximate surface area is 191 Å². The Bertz CT molecular complexity index is 1130. The largest absolute Gasteiger partial charge is 0.490 e. The lowest BCUT2D eigenvalue weighted by Gasteiger charge is -2.29. The van der Waals surface area contributed by atoms with Gasteiger partial charge in [0.1, 0.15) is 24.5 Å². The number of hydrogen-bond donors (Lipinski definition) is 1. The van der Waals surface area contributed by atoms with E-state index >= 15 is 0 Å². The van der Waals surface area contributed by atoms with Crippen LogP contribution in [0.5, 0.6) is 5.75 Å². The lowest BCUT2D eigenvalue weighted by molar-refractivity contribution is -0.384. The monoisotopic (exact) mass is 444 g/mol. The second-order valence-corrected chi connectivity index (χ2v) is 8.38. The molecule has 0 amide bonds. The number of nitro benzene ring substituents is 1. The number of fused-ring (bicyclic) bond motifs is 3. The summed E-state index contributed by atoms with van der Waals surface area (Å²) in [6, 6.07) is 22.1. The number of nitrogens with one attached hydrogen (secondary N) is 1. The SMILES string of the molecule is O=C(OCC1c2ccccc2-c2ccccc21)C1CC(Oc2ccc([N+](=O)[O-])cc2)CCN1. The smallest absolute Gasteiger partial charge is 0.323 e. The van der Waals surface area contributed by atoms with E-state index in [0.717, 1.165) is 6.42 Å². The lowest BCUT2D eigenvalue weighted by Crippen LogP contribution is -2.47. The van der Waals surface area contributed by atoms with Crippen molar-refractivity contribution in [2.45, 2.75) is 30.9 Å². The first-order chi connectivity index (χ1) is 16.1. The predicted octanol–water partition coefficient (Wildman–Crippen LogP) is 4.45. The van der Waals surface area contributed by atoms with Gasteiger partial charge in [-0.3, -0.25) is 14.9 Å². The molecule has 1 saturated heterocycles. The molecule has 2 aliphatic rings. The van der Waals surface area contributed by atoms with Gasteiger partial charge in [0, 0.05) is 24.5 Å². The first-order valence-electron chi connectivity index (χ1n) is 11.1. The van der Waals surface area contributed by atoms with Crippen molar-refractivity contribution in [3.63, 3.8) is 0 Å². The van der Waals surface area contributed by atoms with E-state index < -0.39 is 11.0 Å². The molecule has 2 atom stereocenters. The fourth-order valence-corrected chi connectivity index (χ4v) is 4.71. The zero-order valence-corrected chi connectivity index (χ0v) is 18.0. The average Bonchev–Trinajstić information content (AvgIpc) is 3.17. The van der Waals surface area contributed by atoms with Crippen LogP contribution in [0, 0.1) is 10.1 Å². The Hall–Kier alpha value is -3.71. The number of benzene rings is 3. The highest BCUT2D eigenvalue weighted by Gasteiger charge is 2.32. The number of rotatable bonds is 6. The van der Waals surface area contributed by atoms with Crippen molar-refractivity contribution in [2.24, 2.45) is 0 Å². The quantitative estimate of drug-likeness (QED) is 0.343. The van der Waals surface area contributed by atoms with Gasteiger partial charge in [-0.1, -0.05) is 48.5 Å². The highest BCUT2D eigenvalue weighted by Crippen LogP contribution is 2.44. The predicted molar refractivity (Wildman–Crippen MR) is 123 cm³/mol. The third-order valence-electron chi connectivity index (χ3n) is 6.35. The van der Waals surface area contributed by atoms with Crippen molar-refractivity contribution in [3.05, 3.63) is 94.0 Å². The number of piperidine rings is 1. The molecule has 0 saturated carbocycles. The summed E-state index contributed by atoms with van der Waals surface area (Å²) in [7, 11) is 0. The number of nitrogens with zero attached hydrogens (tertiary/aromatic N) is 1. The summed E-state index contributed by atoms with van der Waals surface area (Å²) in [5, 5.41) is 14.0. The van der Waals surface area contributed by atoms with Gasteiger partial charge in [0.2, 0.25) is 0 Å². The Morgan fingerprint density at radius 1 is 0.970 bits per heavy atom. The molecule has 0 bridgehead atoms. The number of hydrogen-bond acceptors (Lipinski definition) is 6. The lowest BCUT2D eigenvalue weighted by atomic mass is 9.98. The molecule has 1 aliphatic heterocycles. The van der Waals surface area contributed by atoms with Gasteiger partial charge in [-0.15, -0.1) is 0 Å². The van der Waals surface area contributed by atoms with Crippen molar-refractivity contribution in [1.82, 2.24) is 5.32 Å². The molecule has 0 aromatic heterocycles. The van der Waals surface area contributed by atoms with E-state index in [1.54, 1.807) is 12.1 Å². The van der Waals surface area contributed by atoms with E-state index in [9.17, 15) is 14.9 Å². The minimum atomic E-state index is -0.450. The Morgan fingerprint density at radius 3 is 2.24 bits per heavy atom. The Balaban J connectivity index is 1.21. The maximum Gasteiger partial charge on any atom is 0.323 e. The molecule has 3 aromatic carbocycles. The van der Waals surface area contributed by atoms with Gasteiger partial charge < -0.3 is 14.8 Å². The minimum absolute atomic E-state index is 0.0178. The number of nitro groups is 1. The first kappa shape index (κ1) is 21.2. The minimum Gasteiger partial charge on any atom is -0.490 e. The summed E-state index contributed by atoms with van der Waals surface area (Å²) in [6.07, 6.45) is 1.05. The van der Waals surface area contributed by atoms with Gasteiger partial charge >= 0.3 is 5.97 Å². The van der Waals surface area contributed by atoms with E-state index in [4.69, 9.17) is 9.47 Å². The summed E-state index contributed by atoms with van der Waals surface area (Å²) in [5.74, 6) is 0.296. The first-order valence-corrected chi connectivity index (χ1v) is 11.1. The molecule has 2 unspecified atom stereocenters. The van der Waals surface area contributed by atoms with Crippen molar-refractivity contribution in [3.8, 4) is 16.9 Å². The molecule has 5 rings (SSSR count). The highest BCUT2D eigenvalue weighted by atomic mass is 16.6. The molecule has 0 spiro atoms. The number of esters is 1. The third kappa shape index (κ3) is 4.32. The molecule has 1 N–H and O–H groups in total. The normalized spacial score (nSPS) is 19.4. The average molecular weight is 444 g/mol. The van der Waals surface area contributed by atoms with E-state index in [1.807, 2.05) is 24.3 Å². The fourth-order valence-electron chi connectivity index (χ4n) is 4.71. The van der Waals surface area contributed by atoms with Crippen molar-refractivity contribution in [1.29, 1.82) is 0 Å². The van der Waals surface area contributed by atoms with Crippen LogP contribution in [-0.4, -0.2) is 36.2 Å². The number of non-ortho nitro benzene ring substituents is 1. The molecule has 7 nitrogen and oxygen atoms in total. The second kappa shape index (κ2) is 9.03. The van der Waals surface area contributed by atoms with Gasteiger partial charge in [-0.25, -0.2) is 0 Å². The molecule has 168 valence electrons. The number of ether oxygens (including phenoxy) is 2. The van der Waals surface area contributed by atoms with Crippen LogP contribution in [0.3, 0.4) is 0 Å². The van der Waals surface area contributed by atoms with Gasteiger partial charge in [-0.2, -0.15) is 0 Å². The topological polar surface area (TPSA) is 90.7 Å². The Morgan fingerprint density at radius 2 is 1.61 bits per heavy atom. The van der Waals surface area contributed by atoms with E-state index in [1.165, 1.54) is 34.4 Å². The molecule has 1 fully saturated rings. The maximum absolute atomic E-state index is 12.9. The molecule has 0 radical (unpaired) electrons. The van der Waals surface area contributed by atoms with Gasteiger partial charge in [-0.05, 0) is 47.4 Å². The van der Waals surface area contributed by atoms with Gasteiger partial charge in [0.25, 0.3) is 5.69 Å². The summed E-state index contributed by atoms with van der Waals surface area (Å²) >= 11 is 0. The molecular weight excluding hydrogens is 420 g/mol. The molecule has 33 heavy (non-hydrogen) atoms. The summed E-state index contributed by atoms with van der Waals surface area (Å²) < 4.78 is 11.8. The zero-order chi connectivity index (χ0) is 22.8. The highest BCUT2D eigenvalue weighted by molar-refractivity contribution is 5.79. The molecule has 3 aromatic rings. The number of carbonyl (C=O) groups is 1. The number of carbonyl (C=O) groups excluding carboxylic acids is 1. The summed E-state index contributed by atoms with van der Waals surface area (Å²) in [5.41, 5.74) is 4.78. The zero-order valence-electron chi connectivity index (χ0n) is 18.0. The third-order valence-corrected chi connectivity index (χ3v) is 6.35. The molecule has 1 aliphatic carbocycles. The summed E-state index contributed by atoms with van der Waals surface area (Å²) in [4.78, 5) is 23.3. The van der Waals surface area contributed by atoms with Crippen LogP contribution in [0.4, 0.5) is 5.69 Å². The van der Waals surface area contributed by atoms with Crippen LogP contribution in [0.15, 0.2) is 72.8 Å². The maximum atomic E-state index is 12.9. The van der Waals surface area contributed by atoms with E-state index in [0.29, 0.717) is 25.3 Å². The van der Waals surface area contributed by atoms with E-state index in [2.05, 4.69) is 29.6 Å². The second-order valence-electron chi connectivity index (χ2n) is 8.38. The van der Waals surface area contributed by atoms with Gasteiger partial charge in [0.05, 0.1) is 4.92 Å². The standard InChI is InChI=1S/C26H24N2O5/c29-26(25-15-19(13-14-27-25)33-18-11-9-17(10-12-18)28(30)31)32-16-24-22-7-3-1-5-20(22)21-6-2-4-8-23(21)24/h1-12,19,24-25,27H,13-16H2.